The lowest BCUT2D eigenvalue weighted by Crippen LogP contribution is -2.10. The average Bonchev–Trinajstić information content (AvgIpc) is 2.88. The molecule has 0 saturated carbocycles. The number of phenols is 1. The molecule has 0 bridgehead atoms. The second kappa shape index (κ2) is 10.8. The third kappa shape index (κ3) is 5.89. The van der Waals surface area contributed by atoms with E-state index >= 15 is 0 Å². The van der Waals surface area contributed by atoms with Crippen LogP contribution in [0.15, 0.2) is 79.1 Å². The summed E-state index contributed by atoms with van der Waals surface area (Å²) in [6, 6.07) is 13.5. The Balaban J connectivity index is 1.37. The molecule has 0 amide bonds. The van der Waals surface area contributed by atoms with Gasteiger partial charge in [-0.05, 0) is 29.8 Å². The van der Waals surface area contributed by atoms with Gasteiger partial charge in [-0.25, -0.2) is 14.0 Å². The maximum absolute atomic E-state index is 13.1. The second-order valence-corrected chi connectivity index (χ2v) is 9.33. The van der Waals surface area contributed by atoms with Crippen LogP contribution in [0.4, 0.5) is 4.39 Å². The van der Waals surface area contributed by atoms with Crippen LogP contribution in [-0.4, -0.2) is 11.1 Å². The number of esters is 1. The Hall–Kier alpha value is -4.34. The van der Waals surface area contributed by atoms with Gasteiger partial charge < -0.3 is 23.4 Å². The summed E-state index contributed by atoms with van der Waals surface area (Å²) in [7, 11) is 0. The van der Waals surface area contributed by atoms with E-state index < -0.39 is 23.0 Å². The van der Waals surface area contributed by atoms with E-state index in [1.54, 1.807) is 0 Å². The predicted molar refractivity (Wildman–Crippen MR) is 141 cm³/mol. The van der Waals surface area contributed by atoms with Crippen molar-refractivity contribution in [2.75, 3.05) is 0 Å². The van der Waals surface area contributed by atoms with E-state index in [0.717, 1.165) is 0 Å². The lowest BCUT2D eigenvalue weighted by Gasteiger charge is -2.12. The van der Waals surface area contributed by atoms with E-state index in [-0.39, 0.29) is 52.3 Å². The van der Waals surface area contributed by atoms with Crippen molar-refractivity contribution >= 4 is 51.1 Å². The van der Waals surface area contributed by atoms with Gasteiger partial charge in [-0.2, -0.15) is 0 Å². The van der Waals surface area contributed by atoms with E-state index in [2.05, 4.69) is 0 Å². The molecule has 39 heavy (non-hydrogen) atoms. The first kappa shape index (κ1) is 26.3. The fourth-order valence-corrected chi connectivity index (χ4v) is 4.33. The minimum Gasteiger partial charge on any atom is -0.506 e. The van der Waals surface area contributed by atoms with Gasteiger partial charge in [-0.15, -0.1) is 0 Å². The molecule has 5 aromatic rings. The molecule has 11 heteroatoms. The van der Waals surface area contributed by atoms with Gasteiger partial charge in [0.25, 0.3) is 0 Å². The van der Waals surface area contributed by atoms with Crippen molar-refractivity contribution < 1.29 is 32.6 Å². The Labute approximate surface area is 228 Å². The van der Waals surface area contributed by atoms with E-state index in [9.17, 15) is 23.9 Å². The molecule has 2 aromatic heterocycles. The molecule has 0 aliphatic rings. The fraction of sp³-hybridized carbons (Fsp3) is 0.107. The number of rotatable bonds is 7. The van der Waals surface area contributed by atoms with E-state index in [1.165, 1.54) is 60.7 Å². The first-order valence-corrected chi connectivity index (χ1v) is 12.2. The first-order valence-electron chi connectivity index (χ1n) is 11.4. The number of hydrogen-bond acceptors (Lipinski definition) is 8. The van der Waals surface area contributed by atoms with E-state index in [0.29, 0.717) is 27.5 Å². The lowest BCUT2D eigenvalue weighted by molar-refractivity contribution is -0.144. The van der Waals surface area contributed by atoms with Gasteiger partial charge in [-0.1, -0.05) is 35.3 Å². The highest BCUT2D eigenvalue weighted by molar-refractivity contribution is 6.33. The topological polar surface area (TPSA) is 116 Å². The monoisotopic (exact) mass is 570 g/mol. The summed E-state index contributed by atoms with van der Waals surface area (Å²) in [5, 5.41) is 10.9. The minimum absolute atomic E-state index is 0.0639. The SMILES string of the molecule is O=C(Cc1ccc(F)cc1)OCc1cc(=O)oc2cc(OCc3cc(=O)oc4cc(O)c(Cl)cc34)c(Cl)cc12. The summed E-state index contributed by atoms with van der Waals surface area (Å²) < 4.78 is 34.6. The summed E-state index contributed by atoms with van der Waals surface area (Å²) in [5.74, 6) is -1.07. The van der Waals surface area contributed by atoms with Crippen LogP contribution in [0, 0.1) is 5.82 Å². The zero-order valence-corrected chi connectivity index (χ0v) is 21.3. The van der Waals surface area contributed by atoms with E-state index in [4.69, 9.17) is 41.5 Å². The standard InChI is InChI=1S/C28H17Cl2FO8/c29-20-8-18-15(6-27(34)38-23(18)10-22(20)32)12-36-25-11-24-19(9-21(25)30)16(7-28(35)39-24)13-37-26(33)5-14-1-3-17(31)4-2-14/h1-4,6-11,32H,5,12-13H2. The van der Waals surface area contributed by atoms with Gasteiger partial charge in [0.15, 0.2) is 0 Å². The van der Waals surface area contributed by atoms with Gasteiger partial charge >= 0.3 is 17.2 Å². The zero-order valence-electron chi connectivity index (χ0n) is 19.8. The molecule has 0 fully saturated rings. The summed E-state index contributed by atoms with van der Waals surface area (Å²) in [6.45, 7) is -0.350. The molecule has 198 valence electrons. The Kier molecular flexibility index (Phi) is 7.28. The third-order valence-electron chi connectivity index (χ3n) is 5.81. The highest BCUT2D eigenvalue weighted by Gasteiger charge is 2.15. The van der Waals surface area contributed by atoms with E-state index in [1.807, 2.05) is 0 Å². The Morgan fingerprint density at radius 3 is 2.08 bits per heavy atom. The number of aromatic hydroxyl groups is 1. The molecule has 3 aromatic carbocycles. The van der Waals surface area contributed by atoms with Crippen LogP contribution in [0.1, 0.15) is 16.7 Å². The van der Waals surface area contributed by atoms with Crippen molar-refractivity contribution in [2.45, 2.75) is 19.6 Å². The van der Waals surface area contributed by atoms with Gasteiger partial charge in [0.2, 0.25) is 0 Å². The van der Waals surface area contributed by atoms with Crippen molar-refractivity contribution in [1.82, 2.24) is 0 Å². The van der Waals surface area contributed by atoms with Crippen LogP contribution in [0.2, 0.25) is 10.0 Å². The quantitative estimate of drug-likeness (QED) is 0.189. The normalized spacial score (nSPS) is 11.2. The minimum atomic E-state index is -0.679. The fourth-order valence-electron chi connectivity index (χ4n) is 3.95. The highest BCUT2D eigenvalue weighted by Crippen LogP contribution is 2.34. The highest BCUT2D eigenvalue weighted by atomic mass is 35.5. The summed E-state index contributed by atoms with van der Waals surface area (Å²) in [5.41, 5.74) is 0.283. The first-order chi connectivity index (χ1) is 18.7. The average molecular weight is 571 g/mol. The largest absolute Gasteiger partial charge is 0.506 e. The molecule has 0 spiro atoms. The number of hydrogen-bond donors (Lipinski definition) is 1. The number of carbonyl (C=O) groups is 1. The molecule has 5 rings (SSSR count). The number of ether oxygens (including phenoxy) is 2. The van der Waals surface area contributed by atoms with Crippen LogP contribution in [0.25, 0.3) is 21.9 Å². The van der Waals surface area contributed by atoms with Crippen LogP contribution in [-0.2, 0) is 29.2 Å². The summed E-state index contributed by atoms with van der Waals surface area (Å²) in [6.07, 6.45) is -0.0737. The van der Waals surface area contributed by atoms with Gasteiger partial charge in [0.1, 0.15) is 41.7 Å². The van der Waals surface area contributed by atoms with Gasteiger partial charge in [0.05, 0.1) is 16.5 Å². The van der Waals surface area contributed by atoms with Crippen LogP contribution < -0.4 is 16.0 Å². The second-order valence-electron chi connectivity index (χ2n) is 8.51. The molecule has 0 aliphatic carbocycles. The van der Waals surface area contributed by atoms with Crippen molar-refractivity contribution in [3.05, 3.63) is 114 Å². The van der Waals surface area contributed by atoms with Crippen LogP contribution in [0.3, 0.4) is 0 Å². The van der Waals surface area contributed by atoms with Crippen molar-refractivity contribution in [2.24, 2.45) is 0 Å². The lowest BCUT2D eigenvalue weighted by atomic mass is 10.1. The maximum atomic E-state index is 13.1. The van der Waals surface area contributed by atoms with Gasteiger partial charge in [-0.3, -0.25) is 4.79 Å². The third-order valence-corrected chi connectivity index (χ3v) is 6.41. The molecule has 1 N–H and O–H groups in total. The van der Waals surface area contributed by atoms with Crippen molar-refractivity contribution in [3.63, 3.8) is 0 Å². The molecular formula is C28H17Cl2FO8. The molecular weight excluding hydrogens is 554 g/mol. The Morgan fingerprint density at radius 2 is 1.41 bits per heavy atom. The number of halogens is 3. The Bertz CT molecular complexity index is 1840. The van der Waals surface area contributed by atoms with Crippen LogP contribution in [0.5, 0.6) is 11.5 Å². The number of benzene rings is 3. The zero-order chi connectivity index (χ0) is 27.7. The predicted octanol–water partition coefficient (Wildman–Crippen LogP) is 5.92. The molecule has 0 unspecified atom stereocenters. The number of phenolic OH excluding ortho intramolecular Hbond substituents is 1. The van der Waals surface area contributed by atoms with Gasteiger partial charge in [0, 0.05) is 46.2 Å². The van der Waals surface area contributed by atoms with Crippen molar-refractivity contribution in [3.8, 4) is 11.5 Å². The summed E-state index contributed by atoms with van der Waals surface area (Å²) >= 11 is 12.5. The number of carbonyl (C=O) groups excluding carboxylic acids is 1. The number of fused-ring (bicyclic) bond motifs is 2. The molecule has 0 aliphatic heterocycles. The molecule has 0 atom stereocenters. The molecule has 8 nitrogen and oxygen atoms in total. The molecule has 0 saturated heterocycles. The Morgan fingerprint density at radius 1 is 0.821 bits per heavy atom. The summed E-state index contributed by atoms with van der Waals surface area (Å²) in [4.78, 5) is 36.5. The molecule has 2 heterocycles. The van der Waals surface area contributed by atoms with Crippen LogP contribution >= 0.6 is 23.2 Å². The molecule has 0 radical (unpaired) electrons. The maximum Gasteiger partial charge on any atom is 0.336 e. The van der Waals surface area contributed by atoms with Crippen molar-refractivity contribution in [1.29, 1.82) is 0 Å². The smallest absolute Gasteiger partial charge is 0.336 e.